The zero-order valence-electron chi connectivity index (χ0n) is 33.8. The van der Waals surface area contributed by atoms with E-state index in [1.807, 2.05) is 30.3 Å². The summed E-state index contributed by atoms with van der Waals surface area (Å²) in [7, 11) is 0. The van der Waals surface area contributed by atoms with Gasteiger partial charge in [-0.2, -0.15) is 48.0 Å². The van der Waals surface area contributed by atoms with E-state index in [-0.39, 0.29) is 32.2 Å². The molecule has 0 nitrogen and oxygen atoms in total. The van der Waals surface area contributed by atoms with Crippen LogP contribution in [0.1, 0.15) is 78.6 Å². The minimum Gasteiger partial charge on any atom is -0.358 e. The van der Waals surface area contributed by atoms with E-state index >= 15 is 0 Å². The third kappa shape index (κ3) is 12.2. The third-order valence-electron chi connectivity index (χ3n) is 9.45. The standard InChI is InChI=1S/C31H29.C11H17.C6H5.CH3.CH2.2ClH.Zr/c1-18-11-20(3)30(21(4)12-18)24-7-9-28-26(15-24)17-27-16-25(8-10-29(27)28)31-22(5)13-19(2)14-23(31)6;1-5-9-6-7-10(8-9)11(2,3)4;1-2-4-6-5-3-1;;;;;/h7-15H,17H2,1-6H3;7-9H,5H2,1-4H3;1-5H;1H3;1H2;2*1H;/q4*-1;;;;. The van der Waals surface area contributed by atoms with E-state index in [0.717, 1.165) is 6.42 Å². The summed E-state index contributed by atoms with van der Waals surface area (Å²) in [4.78, 5) is 0. The summed E-state index contributed by atoms with van der Waals surface area (Å²) >= 11 is 1.30. The first-order chi connectivity index (χ1) is 23.8. The molecule has 5 aromatic rings. The number of hydrogen-bond donors (Lipinski definition) is 0. The van der Waals surface area contributed by atoms with Gasteiger partial charge in [0.2, 0.25) is 0 Å². The van der Waals surface area contributed by atoms with E-state index in [1.54, 1.807) is 0 Å². The van der Waals surface area contributed by atoms with Crippen LogP contribution in [0.25, 0.3) is 33.4 Å². The Hall–Kier alpha value is -3.09. The molecule has 5 aromatic carbocycles. The molecule has 0 saturated carbocycles. The predicted molar refractivity (Wildman–Crippen MR) is 235 cm³/mol. The molecule has 1 unspecified atom stereocenters. The Labute approximate surface area is 350 Å². The van der Waals surface area contributed by atoms with Crippen LogP contribution in [0.4, 0.5) is 0 Å². The second-order valence-electron chi connectivity index (χ2n) is 14.6. The van der Waals surface area contributed by atoms with Crippen LogP contribution in [0.3, 0.4) is 0 Å². The maximum Gasteiger partial charge on any atom is -0.171 e. The van der Waals surface area contributed by atoms with Gasteiger partial charge in [-0.3, -0.25) is 6.08 Å². The molecular formula is C50H58Cl2Zr-4. The van der Waals surface area contributed by atoms with Crippen molar-refractivity contribution < 1.29 is 24.2 Å². The molecule has 280 valence electrons. The van der Waals surface area contributed by atoms with Gasteiger partial charge in [-0.15, -0.1) is 54.1 Å². The summed E-state index contributed by atoms with van der Waals surface area (Å²) in [6.07, 6.45) is 9.96. The summed E-state index contributed by atoms with van der Waals surface area (Å²) in [5.74, 6) is 0.573. The van der Waals surface area contributed by atoms with Crippen LogP contribution in [0.2, 0.25) is 0 Å². The maximum absolute atomic E-state index is 3.78. The number of rotatable bonds is 3. The summed E-state index contributed by atoms with van der Waals surface area (Å²) in [5.41, 5.74) is 20.4. The molecule has 2 aliphatic carbocycles. The van der Waals surface area contributed by atoms with Crippen LogP contribution in [0.5, 0.6) is 0 Å². The quantitative estimate of drug-likeness (QED) is 0.156. The fourth-order valence-corrected chi connectivity index (χ4v) is 7.22. The number of halogens is 2. The molecule has 0 heterocycles. The smallest absolute Gasteiger partial charge is 0.171 e. The Balaban J connectivity index is 0.000000530. The van der Waals surface area contributed by atoms with Crippen molar-refractivity contribution in [2.45, 2.75) is 82.1 Å². The molecule has 0 N–H and O–H groups in total. The van der Waals surface area contributed by atoms with Crippen molar-refractivity contribution in [3.05, 3.63) is 173 Å². The summed E-state index contributed by atoms with van der Waals surface area (Å²) in [5, 5.41) is 0. The van der Waals surface area contributed by atoms with Crippen LogP contribution < -0.4 is 0 Å². The Bertz CT molecular complexity index is 1820. The van der Waals surface area contributed by atoms with Crippen molar-refractivity contribution in [3.8, 4) is 33.4 Å². The van der Waals surface area contributed by atoms with Crippen LogP contribution in [0, 0.1) is 78.5 Å². The van der Waals surface area contributed by atoms with Gasteiger partial charge in [0.25, 0.3) is 0 Å². The van der Waals surface area contributed by atoms with E-state index in [9.17, 15) is 0 Å². The topological polar surface area (TPSA) is 0 Å². The first-order valence-corrected chi connectivity index (χ1v) is 19.5. The molecule has 0 aliphatic heterocycles. The summed E-state index contributed by atoms with van der Waals surface area (Å²) in [6, 6.07) is 37.0. The minimum atomic E-state index is 0. The Morgan fingerprint density at radius 2 is 1.25 bits per heavy atom. The second-order valence-corrected chi connectivity index (χ2v) is 14.6. The van der Waals surface area contributed by atoms with Gasteiger partial charge in [0.15, 0.2) is 0 Å². The first-order valence-electron chi connectivity index (χ1n) is 17.8. The van der Waals surface area contributed by atoms with Gasteiger partial charge in [0, 0.05) is 0 Å². The third-order valence-corrected chi connectivity index (χ3v) is 9.45. The van der Waals surface area contributed by atoms with Crippen LogP contribution in [-0.4, -0.2) is 4.21 Å². The number of allylic oxidation sites excluding steroid dienone is 4. The monoisotopic (exact) mass is 818 g/mol. The molecular weight excluding hydrogens is 763 g/mol. The molecule has 7 rings (SSSR count). The number of fused-ring (bicyclic) bond motifs is 3. The van der Waals surface area contributed by atoms with Gasteiger partial charge in [-0.05, 0) is 75.8 Å². The molecule has 3 heteroatoms. The number of hydrogen-bond acceptors (Lipinski definition) is 0. The van der Waals surface area contributed by atoms with Gasteiger partial charge in [-0.25, -0.2) is 6.08 Å². The fraction of sp³-hybridized carbons (Fsp3) is 0.280. The average Bonchev–Trinajstić information content (AvgIpc) is 3.71. The summed E-state index contributed by atoms with van der Waals surface area (Å²) < 4.78 is 3.34. The fourth-order valence-electron chi connectivity index (χ4n) is 7.22. The van der Waals surface area contributed by atoms with Crippen LogP contribution in [-0.2, 0) is 30.7 Å². The molecule has 0 spiro atoms. The largest absolute Gasteiger partial charge is 0.358 e. The molecule has 0 bridgehead atoms. The van der Waals surface area contributed by atoms with Gasteiger partial charge >= 0.3 is 28.4 Å². The normalized spacial score (nSPS) is 13.0. The number of benzene rings is 5. The zero-order chi connectivity index (χ0) is 36.6. The molecule has 0 fully saturated rings. The van der Waals surface area contributed by atoms with Gasteiger partial charge in [0.1, 0.15) is 0 Å². The maximum atomic E-state index is 3.78. The van der Waals surface area contributed by atoms with Crippen molar-refractivity contribution in [3.63, 3.8) is 0 Å². The molecule has 0 amide bonds. The van der Waals surface area contributed by atoms with E-state index in [1.165, 1.54) is 114 Å². The molecule has 2 aliphatic rings. The Morgan fingerprint density at radius 3 is 1.68 bits per heavy atom. The van der Waals surface area contributed by atoms with Crippen molar-refractivity contribution in [2.24, 2.45) is 11.3 Å². The van der Waals surface area contributed by atoms with Crippen molar-refractivity contribution in [1.29, 1.82) is 0 Å². The van der Waals surface area contributed by atoms with E-state index in [0.29, 0.717) is 11.3 Å². The van der Waals surface area contributed by atoms with Crippen LogP contribution in [0.15, 0.2) is 103 Å². The summed E-state index contributed by atoms with van der Waals surface area (Å²) in [6.45, 7) is 22.2. The Kier molecular flexibility index (Phi) is 19.6. The van der Waals surface area contributed by atoms with Crippen molar-refractivity contribution in [2.75, 3.05) is 0 Å². The number of aryl methyl sites for hydroxylation is 6. The van der Waals surface area contributed by atoms with Gasteiger partial charge in [0.05, 0.1) is 0 Å². The molecule has 53 heavy (non-hydrogen) atoms. The zero-order valence-corrected chi connectivity index (χ0v) is 37.8. The first kappa shape index (κ1) is 47.9. The van der Waals surface area contributed by atoms with E-state index in [4.69, 9.17) is 0 Å². The molecule has 0 aromatic heterocycles. The second kappa shape index (κ2) is 21.7. The van der Waals surface area contributed by atoms with Gasteiger partial charge in [-0.1, -0.05) is 127 Å². The molecule has 1 atom stereocenters. The van der Waals surface area contributed by atoms with E-state index in [2.05, 4.69) is 158 Å². The minimum absolute atomic E-state index is 0. The predicted octanol–water partition coefficient (Wildman–Crippen LogP) is 14.3. The molecule has 0 radical (unpaired) electrons. The average molecular weight is 821 g/mol. The van der Waals surface area contributed by atoms with Gasteiger partial charge < -0.3 is 7.43 Å². The SMILES string of the molecule is CCC1[C-]=CC(C(C)(C)C)=C1.Cc1cc(C)c(-c2[c-]c3c(cc2)-c2ccc(-c4c(C)cc(C)cc4C)cc2C3)c(C)c1.Cl.Cl.[CH2]=[Zr].[CH3-].[c-]1ccccc1. The van der Waals surface area contributed by atoms with E-state index < -0.39 is 0 Å². The van der Waals surface area contributed by atoms with Crippen molar-refractivity contribution in [1.82, 2.24) is 0 Å². The molecule has 0 saturated heterocycles. The van der Waals surface area contributed by atoms with Crippen molar-refractivity contribution >= 4 is 29.0 Å². The Morgan fingerprint density at radius 1 is 0.717 bits per heavy atom. The van der Waals surface area contributed by atoms with Crippen LogP contribution >= 0.6 is 24.8 Å².